The van der Waals surface area contributed by atoms with Crippen molar-refractivity contribution >= 4 is 17.6 Å². The number of methoxy groups -OCH3 is 2. The van der Waals surface area contributed by atoms with E-state index in [0.29, 0.717) is 33.5 Å². The maximum absolute atomic E-state index is 11.5. The largest absolute Gasteiger partial charge is 0.497 e. The summed E-state index contributed by atoms with van der Waals surface area (Å²) in [5, 5.41) is 17.6. The Balaban J connectivity index is 2.17. The van der Waals surface area contributed by atoms with Gasteiger partial charge in [-0.2, -0.15) is 0 Å². The second-order valence-corrected chi connectivity index (χ2v) is 5.46. The fourth-order valence-corrected chi connectivity index (χ4v) is 2.65. The number of carbonyl (C=O) groups is 1. The molecule has 0 saturated heterocycles. The predicted octanol–water partition coefficient (Wildman–Crippen LogP) is 3.30. The molecule has 2 aromatic carbocycles. The van der Waals surface area contributed by atoms with Crippen LogP contribution in [-0.2, 0) is 0 Å². The first-order chi connectivity index (χ1) is 12.0. The monoisotopic (exact) mass is 359 g/mol. The van der Waals surface area contributed by atoms with Crippen molar-refractivity contribution in [1.82, 2.24) is 15.0 Å². The van der Waals surface area contributed by atoms with Gasteiger partial charge >= 0.3 is 5.97 Å². The van der Waals surface area contributed by atoms with Gasteiger partial charge in [0.1, 0.15) is 17.2 Å². The minimum absolute atomic E-state index is 0.155. The number of hydrogen-bond acceptors (Lipinski definition) is 5. The van der Waals surface area contributed by atoms with Gasteiger partial charge in [0.15, 0.2) is 5.69 Å². The number of carboxylic acids is 1. The molecule has 0 amide bonds. The molecule has 0 atom stereocenters. The van der Waals surface area contributed by atoms with Crippen molar-refractivity contribution in [1.29, 1.82) is 0 Å². The van der Waals surface area contributed by atoms with E-state index < -0.39 is 5.97 Å². The van der Waals surface area contributed by atoms with Crippen molar-refractivity contribution in [3.05, 3.63) is 53.2 Å². The summed E-state index contributed by atoms with van der Waals surface area (Å²) in [4.78, 5) is 11.5. The molecule has 0 bridgehead atoms. The van der Waals surface area contributed by atoms with Crippen molar-refractivity contribution < 1.29 is 19.4 Å². The van der Waals surface area contributed by atoms with Crippen LogP contribution in [0.2, 0.25) is 5.02 Å². The number of benzene rings is 2. The Hall–Kier alpha value is -3.06. The lowest BCUT2D eigenvalue weighted by molar-refractivity contribution is 0.0691. The molecule has 0 fully saturated rings. The van der Waals surface area contributed by atoms with E-state index in [4.69, 9.17) is 21.1 Å². The molecule has 1 N–H and O–H groups in total. The first kappa shape index (κ1) is 16.8. The Labute approximate surface area is 148 Å². The lowest BCUT2D eigenvalue weighted by atomic mass is 10.1. The van der Waals surface area contributed by atoms with Gasteiger partial charge in [0.05, 0.1) is 24.9 Å². The Kier molecular flexibility index (Phi) is 4.58. The van der Waals surface area contributed by atoms with E-state index in [0.717, 1.165) is 0 Å². The standard InChI is InChI=1S/C17H14ClN3O4/c1-24-12-6-3-10(4-7-12)16-15(17(22)23)19-20-21(16)11-5-8-14(25-2)13(18)9-11/h3-9H,1-2H3,(H,22,23). The van der Waals surface area contributed by atoms with Crippen LogP contribution < -0.4 is 9.47 Å². The predicted molar refractivity (Wildman–Crippen MR) is 91.9 cm³/mol. The lowest BCUT2D eigenvalue weighted by Gasteiger charge is -2.10. The molecule has 128 valence electrons. The van der Waals surface area contributed by atoms with Crippen LogP contribution in [-0.4, -0.2) is 40.3 Å². The van der Waals surface area contributed by atoms with Gasteiger partial charge in [0.25, 0.3) is 0 Å². The van der Waals surface area contributed by atoms with Gasteiger partial charge in [0.2, 0.25) is 0 Å². The third kappa shape index (κ3) is 3.14. The maximum atomic E-state index is 11.5. The fraction of sp³-hybridized carbons (Fsp3) is 0.118. The number of halogens is 1. The Morgan fingerprint density at radius 1 is 1.12 bits per heavy atom. The van der Waals surface area contributed by atoms with Crippen LogP contribution in [0.25, 0.3) is 16.9 Å². The van der Waals surface area contributed by atoms with E-state index in [9.17, 15) is 9.90 Å². The molecule has 0 spiro atoms. The number of hydrogen-bond donors (Lipinski definition) is 1. The normalized spacial score (nSPS) is 10.5. The molecule has 0 aliphatic carbocycles. The number of nitrogens with zero attached hydrogens (tertiary/aromatic N) is 3. The average molecular weight is 360 g/mol. The van der Waals surface area contributed by atoms with Crippen molar-refractivity contribution in [3.8, 4) is 28.4 Å². The first-order valence-electron chi connectivity index (χ1n) is 7.22. The molecule has 7 nitrogen and oxygen atoms in total. The van der Waals surface area contributed by atoms with E-state index in [2.05, 4.69) is 10.3 Å². The highest BCUT2D eigenvalue weighted by molar-refractivity contribution is 6.32. The summed E-state index contributed by atoms with van der Waals surface area (Å²) < 4.78 is 11.7. The number of aromatic nitrogens is 3. The van der Waals surface area contributed by atoms with E-state index in [1.807, 2.05) is 0 Å². The highest BCUT2D eigenvalue weighted by Crippen LogP contribution is 2.31. The van der Waals surface area contributed by atoms with E-state index in [-0.39, 0.29) is 5.69 Å². The zero-order valence-corrected chi connectivity index (χ0v) is 14.2. The Morgan fingerprint density at radius 3 is 2.40 bits per heavy atom. The van der Waals surface area contributed by atoms with Crippen LogP contribution in [0.15, 0.2) is 42.5 Å². The topological polar surface area (TPSA) is 86.5 Å². The summed E-state index contributed by atoms with van der Waals surface area (Å²) in [6.45, 7) is 0. The minimum atomic E-state index is -1.17. The second-order valence-electron chi connectivity index (χ2n) is 5.05. The summed E-state index contributed by atoms with van der Waals surface area (Å²) in [5.74, 6) is -0.00111. The van der Waals surface area contributed by atoms with Crippen LogP contribution in [0.1, 0.15) is 10.5 Å². The van der Waals surface area contributed by atoms with Crippen molar-refractivity contribution in [3.63, 3.8) is 0 Å². The molecular weight excluding hydrogens is 346 g/mol. The molecule has 0 unspecified atom stereocenters. The molecule has 0 radical (unpaired) electrons. The van der Waals surface area contributed by atoms with Gasteiger partial charge in [-0.3, -0.25) is 0 Å². The summed E-state index contributed by atoms with van der Waals surface area (Å²) in [6, 6.07) is 12.0. The molecule has 25 heavy (non-hydrogen) atoms. The maximum Gasteiger partial charge on any atom is 0.358 e. The number of ether oxygens (including phenoxy) is 2. The van der Waals surface area contributed by atoms with E-state index >= 15 is 0 Å². The van der Waals surface area contributed by atoms with E-state index in [1.54, 1.807) is 49.6 Å². The molecule has 0 aliphatic rings. The van der Waals surface area contributed by atoms with Crippen LogP contribution in [0.3, 0.4) is 0 Å². The smallest absolute Gasteiger partial charge is 0.358 e. The van der Waals surface area contributed by atoms with Gasteiger partial charge in [-0.25, -0.2) is 9.48 Å². The Morgan fingerprint density at radius 2 is 1.84 bits per heavy atom. The number of rotatable bonds is 5. The molecular formula is C17H14ClN3O4. The quantitative estimate of drug-likeness (QED) is 0.752. The molecule has 0 saturated carbocycles. The third-order valence-electron chi connectivity index (χ3n) is 3.62. The molecule has 1 aromatic heterocycles. The van der Waals surface area contributed by atoms with Crippen molar-refractivity contribution in [2.24, 2.45) is 0 Å². The van der Waals surface area contributed by atoms with Crippen LogP contribution >= 0.6 is 11.6 Å². The van der Waals surface area contributed by atoms with E-state index in [1.165, 1.54) is 11.8 Å². The lowest BCUT2D eigenvalue weighted by Crippen LogP contribution is -2.03. The van der Waals surface area contributed by atoms with Crippen molar-refractivity contribution in [2.45, 2.75) is 0 Å². The molecule has 3 aromatic rings. The molecule has 8 heteroatoms. The summed E-state index contributed by atoms with van der Waals surface area (Å²) in [6.07, 6.45) is 0. The zero-order valence-electron chi connectivity index (χ0n) is 13.4. The zero-order chi connectivity index (χ0) is 18.0. The van der Waals surface area contributed by atoms with Gasteiger partial charge < -0.3 is 14.6 Å². The SMILES string of the molecule is COc1ccc(-c2c(C(=O)O)nnn2-c2ccc(OC)c(Cl)c2)cc1. The van der Waals surface area contributed by atoms with Crippen LogP contribution in [0, 0.1) is 0 Å². The molecule has 0 aliphatic heterocycles. The average Bonchev–Trinajstić information content (AvgIpc) is 3.07. The molecule has 3 rings (SSSR count). The Bertz CT molecular complexity index is 922. The fourth-order valence-electron chi connectivity index (χ4n) is 2.40. The van der Waals surface area contributed by atoms with Crippen molar-refractivity contribution in [2.75, 3.05) is 14.2 Å². The van der Waals surface area contributed by atoms with Crippen LogP contribution in [0.4, 0.5) is 0 Å². The van der Waals surface area contributed by atoms with Gasteiger partial charge in [0, 0.05) is 5.56 Å². The highest BCUT2D eigenvalue weighted by atomic mass is 35.5. The first-order valence-corrected chi connectivity index (χ1v) is 7.60. The highest BCUT2D eigenvalue weighted by Gasteiger charge is 2.22. The summed E-state index contributed by atoms with van der Waals surface area (Å²) in [5.41, 5.74) is 1.39. The summed E-state index contributed by atoms with van der Waals surface area (Å²) >= 11 is 6.17. The molecule has 1 heterocycles. The van der Waals surface area contributed by atoms with Gasteiger partial charge in [-0.15, -0.1) is 5.10 Å². The third-order valence-corrected chi connectivity index (χ3v) is 3.91. The summed E-state index contributed by atoms with van der Waals surface area (Å²) in [7, 11) is 3.07. The minimum Gasteiger partial charge on any atom is -0.497 e. The second kappa shape index (κ2) is 6.82. The number of aromatic carboxylic acids is 1. The van der Waals surface area contributed by atoms with Crippen LogP contribution in [0.5, 0.6) is 11.5 Å². The van der Waals surface area contributed by atoms with Gasteiger partial charge in [-0.05, 0) is 42.5 Å². The number of carboxylic acid groups (broad SMARTS) is 1. The van der Waals surface area contributed by atoms with Gasteiger partial charge in [-0.1, -0.05) is 16.8 Å².